The van der Waals surface area contributed by atoms with Crippen LogP contribution in [0.15, 0.2) is 91.0 Å². The third-order valence-electron chi connectivity index (χ3n) is 11.4. The van der Waals surface area contributed by atoms with Gasteiger partial charge in [0.15, 0.2) is 0 Å². The van der Waals surface area contributed by atoms with E-state index in [1.165, 1.54) is 61.2 Å². The second-order valence-corrected chi connectivity index (χ2v) is 18.3. The number of hydrogen-bond acceptors (Lipinski definition) is 3. The van der Waals surface area contributed by atoms with Gasteiger partial charge in [-0.3, -0.25) is 0 Å². The summed E-state index contributed by atoms with van der Waals surface area (Å²) in [5.74, 6) is 4.96. The van der Waals surface area contributed by atoms with Crippen LogP contribution >= 0.6 is 0 Å². The van der Waals surface area contributed by atoms with Gasteiger partial charge in [-0.15, -0.1) is 0 Å². The second-order valence-electron chi connectivity index (χ2n) is 18.3. The van der Waals surface area contributed by atoms with Crippen LogP contribution in [0.5, 0.6) is 11.5 Å². The van der Waals surface area contributed by atoms with E-state index in [1.54, 1.807) is 5.56 Å². The van der Waals surface area contributed by atoms with Crippen LogP contribution in [0.2, 0.25) is 0 Å². The van der Waals surface area contributed by atoms with Crippen LogP contribution in [-0.2, 0) is 19.4 Å². The Labute approximate surface area is 395 Å². The number of ether oxygens (including phenoxy) is 2. The molecule has 0 aliphatic rings. The van der Waals surface area contributed by atoms with E-state index in [1.807, 2.05) is 31.2 Å². The molecule has 5 rings (SSSR count). The van der Waals surface area contributed by atoms with Crippen molar-refractivity contribution in [2.45, 2.75) is 194 Å². The summed E-state index contributed by atoms with van der Waals surface area (Å²) in [5, 5.41) is 9.09. The number of hydrogen-bond donors (Lipinski definition) is 1. The molecule has 0 spiro atoms. The molecule has 0 atom stereocenters. The molecule has 0 saturated heterocycles. The molecule has 64 heavy (non-hydrogen) atoms. The molecule has 1 N–H and O–H groups in total. The van der Waals surface area contributed by atoms with E-state index < -0.39 is 0 Å². The smallest absolute Gasteiger partial charge is 0.122 e. The highest BCUT2D eigenvalue weighted by atomic mass is 16.5. The molecule has 3 heteroatoms. The summed E-state index contributed by atoms with van der Waals surface area (Å²) in [7, 11) is 0. The maximum absolute atomic E-state index is 9.09. The molecule has 3 nitrogen and oxygen atoms in total. The van der Waals surface area contributed by atoms with Crippen molar-refractivity contribution in [3.63, 3.8) is 0 Å². The van der Waals surface area contributed by atoms with Crippen LogP contribution in [0.3, 0.4) is 0 Å². The average molecular weight is 875 g/mol. The molecule has 0 heterocycles. The molecule has 0 radical (unpaired) electrons. The van der Waals surface area contributed by atoms with Crippen LogP contribution in [0.25, 0.3) is 0 Å². The summed E-state index contributed by atoms with van der Waals surface area (Å²) >= 11 is 0. The van der Waals surface area contributed by atoms with Crippen LogP contribution in [-0.4, -0.2) is 18.3 Å². The normalized spacial score (nSPS) is 10.5. The summed E-state index contributed by atoms with van der Waals surface area (Å²) < 4.78 is 11.3. The predicted molar refractivity (Wildman–Crippen MR) is 285 cm³/mol. The Kier molecular flexibility index (Phi) is 29.4. The minimum atomic E-state index is 0. The Morgan fingerprint density at radius 2 is 0.703 bits per heavy atom. The average Bonchev–Trinajstić information content (AvgIpc) is 3.22. The maximum Gasteiger partial charge on any atom is 0.122 e. The van der Waals surface area contributed by atoms with Crippen molar-refractivity contribution < 1.29 is 14.6 Å². The zero-order valence-electron chi connectivity index (χ0n) is 43.6. The van der Waals surface area contributed by atoms with Gasteiger partial charge in [0.1, 0.15) is 11.5 Å². The van der Waals surface area contributed by atoms with E-state index in [0.717, 1.165) is 49.5 Å². The van der Waals surface area contributed by atoms with Crippen molar-refractivity contribution in [2.75, 3.05) is 13.2 Å². The third-order valence-corrected chi connectivity index (χ3v) is 11.4. The first kappa shape index (κ1) is 59.7. The van der Waals surface area contributed by atoms with Crippen molar-refractivity contribution >= 4 is 0 Å². The highest BCUT2D eigenvalue weighted by molar-refractivity contribution is 5.43. The quantitative estimate of drug-likeness (QED) is 0.128. The van der Waals surface area contributed by atoms with Gasteiger partial charge in [0.2, 0.25) is 0 Å². The predicted octanol–water partition coefficient (Wildman–Crippen LogP) is 18.0. The van der Waals surface area contributed by atoms with E-state index >= 15 is 0 Å². The minimum absolute atomic E-state index is 0. The topological polar surface area (TPSA) is 38.7 Å². The van der Waals surface area contributed by atoms with E-state index in [-0.39, 0.29) is 14.0 Å². The van der Waals surface area contributed by atoms with Gasteiger partial charge in [-0.25, -0.2) is 0 Å². The highest BCUT2D eigenvalue weighted by Crippen LogP contribution is 2.31. The van der Waals surface area contributed by atoms with Crippen LogP contribution in [0, 0.1) is 34.6 Å². The Morgan fingerprint density at radius 1 is 0.391 bits per heavy atom. The van der Waals surface area contributed by atoms with Gasteiger partial charge < -0.3 is 14.6 Å². The molecule has 0 unspecified atom stereocenters. The Hall–Kier alpha value is -4.34. The fraction of sp³-hybridized carbons (Fsp3) is 0.508. The molecular weight excluding hydrogens is 781 g/mol. The summed E-state index contributed by atoms with van der Waals surface area (Å²) in [4.78, 5) is 0. The summed E-state index contributed by atoms with van der Waals surface area (Å²) in [6, 6.07) is 31.8. The Balaban J connectivity index is 0.000000774. The molecule has 0 aromatic heterocycles. The van der Waals surface area contributed by atoms with Gasteiger partial charge in [-0.2, -0.15) is 0 Å². The van der Waals surface area contributed by atoms with Gasteiger partial charge in [0.25, 0.3) is 0 Å². The molecular formula is C61H94O3. The van der Waals surface area contributed by atoms with Crippen molar-refractivity contribution in [1.82, 2.24) is 0 Å². The van der Waals surface area contributed by atoms with E-state index in [4.69, 9.17) is 14.6 Å². The first-order valence-electron chi connectivity index (χ1n) is 24.1. The number of benzene rings is 5. The van der Waals surface area contributed by atoms with Crippen LogP contribution in [0.4, 0.5) is 0 Å². The maximum atomic E-state index is 9.09. The lowest BCUT2D eigenvalue weighted by Crippen LogP contribution is -2.01. The lowest BCUT2D eigenvalue weighted by Gasteiger charge is -2.16. The van der Waals surface area contributed by atoms with Crippen LogP contribution in [0.1, 0.15) is 213 Å². The number of aliphatic hydroxyl groups is 1. The van der Waals surface area contributed by atoms with Gasteiger partial charge in [0.05, 0.1) is 19.8 Å². The molecule has 0 aliphatic heterocycles. The lowest BCUT2D eigenvalue weighted by atomic mass is 9.90. The first-order valence-corrected chi connectivity index (χ1v) is 24.1. The molecule has 356 valence electrons. The number of aliphatic hydroxyl groups excluding tert-OH is 1. The summed E-state index contributed by atoms with van der Waals surface area (Å²) in [6.45, 7) is 43.2. The Bertz CT molecular complexity index is 1990. The van der Waals surface area contributed by atoms with Gasteiger partial charge in [0, 0.05) is 0 Å². The van der Waals surface area contributed by atoms with E-state index in [2.05, 4.69) is 191 Å². The van der Waals surface area contributed by atoms with Gasteiger partial charge >= 0.3 is 0 Å². The van der Waals surface area contributed by atoms with E-state index in [0.29, 0.717) is 29.6 Å². The zero-order valence-corrected chi connectivity index (χ0v) is 43.6. The number of rotatable bonds is 13. The fourth-order valence-electron chi connectivity index (χ4n) is 8.87. The molecule has 5 aromatic carbocycles. The fourth-order valence-corrected chi connectivity index (χ4v) is 8.87. The van der Waals surface area contributed by atoms with Crippen molar-refractivity contribution in [3.05, 3.63) is 163 Å². The van der Waals surface area contributed by atoms with E-state index in [9.17, 15) is 0 Å². The second kappa shape index (κ2) is 31.5. The van der Waals surface area contributed by atoms with Gasteiger partial charge in [-0.05, 0) is 175 Å². The van der Waals surface area contributed by atoms with Crippen molar-refractivity contribution in [3.8, 4) is 11.5 Å². The Morgan fingerprint density at radius 3 is 1.02 bits per heavy atom. The van der Waals surface area contributed by atoms with Crippen LogP contribution < -0.4 is 9.47 Å². The monoisotopic (exact) mass is 875 g/mol. The molecule has 0 amide bonds. The lowest BCUT2D eigenvalue weighted by molar-refractivity contribution is 0.280. The molecule has 0 aliphatic carbocycles. The molecule has 0 bridgehead atoms. The van der Waals surface area contributed by atoms with Gasteiger partial charge in [-0.1, -0.05) is 176 Å². The molecule has 5 aromatic rings. The SMILES string of the molecule is C.CCCOc1cccc(C)c1C(C)C.CCOc1cccc(C)c1C(C)C.CCc1cccc(CC)c1C(C)C.Cc1cccc(C)c1C(C)C.Cc1cccc(CO)c1C(C)C. The zero-order chi connectivity index (χ0) is 47.8. The summed E-state index contributed by atoms with van der Waals surface area (Å²) in [5.41, 5.74) is 17.9. The van der Waals surface area contributed by atoms with Crippen molar-refractivity contribution in [1.29, 1.82) is 0 Å². The highest BCUT2D eigenvalue weighted by Gasteiger charge is 2.12. The van der Waals surface area contributed by atoms with Crippen molar-refractivity contribution in [2.24, 2.45) is 0 Å². The first-order chi connectivity index (χ1) is 29.8. The molecule has 0 fully saturated rings. The summed E-state index contributed by atoms with van der Waals surface area (Å²) in [6.07, 6.45) is 3.37. The minimum Gasteiger partial charge on any atom is -0.494 e. The standard InChI is InChI=1S/C13H20O.C13H20.C12H18O.C11H16O.C11H16.CH4/c1-5-9-14-12-8-6-7-11(4)13(12)10(2)3;1-5-11-8-7-9-12(6-2)13(11)10(3)4;1-5-13-11-8-6-7-10(4)12(11)9(2)3;1-8(2)11-9(3)5-4-6-10(11)7-12;1-8(2)11-9(3)6-5-7-10(11)4;/h6-8,10H,5,9H2,1-4H3;7-10H,5-6H2,1-4H3;6-9H,5H2,1-4H3;4-6,8,12H,7H2,1-3H3;5-8H,1-4H3;1H4. The number of aryl methyl sites for hydroxylation is 7. The molecule has 0 saturated carbocycles. The third kappa shape index (κ3) is 19.0. The largest absolute Gasteiger partial charge is 0.494 e.